The summed E-state index contributed by atoms with van der Waals surface area (Å²) in [5, 5.41) is 18.1. The van der Waals surface area contributed by atoms with Gasteiger partial charge in [-0.05, 0) is 25.0 Å². The fourth-order valence-electron chi connectivity index (χ4n) is 1.44. The standard InChI is InChI=1S/C14H19NO3/c1-3-7-17-13-6-5-11(10-16)14(8-13)18-12(4-2)9-15/h5-6,8,12,16H,3-4,7,10H2,1-2H3. The SMILES string of the molecule is CCCOc1ccc(CO)c(OC(C#N)CC)c1. The van der Waals surface area contributed by atoms with Crippen molar-refractivity contribution in [2.75, 3.05) is 6.61 Å². The minimum absolute atomic E-state index is 0.120. The molecule has 18 heavy (non-hydrogen) atoms. The molecule has 0 fully saturated rings. The number of hydrogen-bond acceptors (Lipinski definition) is 4. The van der Waals surface area contributed by atoms with Crippen molar-refractivity contribution in [3.63, 3.8) is 0 Å². The Kier molecular flexibility index (Phi) is 6.03. The molecule has 1 aromatic carbocycles. The van der Waals surface area contributed by atoms with Gasteiger partial charge in [-0.1, -0.05) is 13.8 Å². The van der Waals surface area contributed by atoms with Crippen LogP contribution in [0.3, 0.4) is 0 Å². The molecular formula is C14H19NO3. The molecule has 0 saturated carbocycles. The predicted molar refractivity (Wildman–Crippen MR) is 68.5 cm³/mol. The van der Waals surface area contributed by atoms with E-state index in [1.54, 1.807) is 18.2 Å². The van der Waals surface area contributed by atoms with Gasteiger partial charge < -0.3 is 14.6 Å². The Labute approximate surface area is 108 Å². The second kappa shape index (κ2) is 7.57. The summed E-state index contributed by atoms with van der Waals surface area (Å²) in [6.07, 6.45) is 1.02. The van der Waals surface area contributed by atoms with Gasteiger partial charge in [0.25, 0.3) is 0 Å². The molecule has 0 amide bonds. The van der Waals surface area contributed by atoms with Gasteiger partial charge in [-0.3, -0.25) is 0 Å². The number of aliphatic hydroxyl groups is 1. The van der Waals surface area contributed by atoms with E-state index in [2.05, 4.69) is 6.07 Å². The van der Waals surface area contributed by atoms with Crippen LogP contribution in [0, 0.1) is 11.3 Å². The largest absolute Gasteiger partial charge is 0.493 e. The van der Waals surface area contributed by atoms with E-state index in [1.807, 2.05) is 13.8 Å². The van der Waals surface area contributed by atoms with Gasteiger partial charge in [-0.2, -0.15) is 5.26 Å². The molecule has 1 aromatic rings. The van der Waals surface area contributed by atoms with E-state index in [1.165, 1.54) is 0 Å². The Hall–Kier alpha value is -1.73. The molecule has 0 aliphatic heterocycles. The zero-order valence-electron chi connectivity index (χ0n) is 10.8. The number of aliphatic hydroxyl groups excluding tert-OH is 1. The summed E-state index contributed by atoms with van der Waals surface area (Å²) >= 11 is 0. The third-order valence-electron chi connectivity index (χ3n) is 2.47. The summed E-state index contributed by atoms with van der Waals surface area (Å²) in [6.45, 7) is 4.42. The highest BCUT2D eigenvalue weighted by Crippen LogP contribution is 2.26. The van der Waals surface area contributed by atoms with Crippen LogP contribution in [0.25, 0.3) is 0 Å². The molecule has 4 heteroatoms. The number of benzene rings is 1. The van der Waals surface area contributed by atoms with Crippen LogP contribution in [0.5, 0.6) is 11.5 Å². The lowest BCUT2D eigenvalue weighted by Crippen LogP contribution is -2.13. The highest BCUT2D eigenvalue weighted by atomic mass is 16.5. The van der Waals surface area contributed by atoms with Crippen molar-refractivity contribution in [1.82, 2.24) is 0 Å². The molecule has 1 N–H and O–H groups in total. The Morgan fingerprint density at radius 1 is 1.39 bits per heavy atom. The van der Waals surface area contributed by atoms with E-state index < -0.39 is 6.10 Å². The first-order valence-corrected chi connectivity index (χ1v) is 6.18. The van der Waals surface area contributed by atoms with Crippen molar-refractivity contribution in [1.29, 1.82) is 5.26 Å². The molecule has 0 bridgehead atoms. The first-order valence-electron chi connectivity index (χ1n) is 6.18. The van der Waals surface area contributed by atoms with Crippen LogP contribution in [0.4, 0.5) is 0 Å². The molecule has 0 aromatic heterocycles. The zero-order valence-corrected chi connectivity index (χ0v) is 10.8. The van der Waals surface area contributed by atoms with E-state index >= 15 is 0 Å². The number of nitriles is 1. The molecule has 1 atom stereocenters. The van der Waals surface area contributed by atoms with Gasteiger partial charge in [-0.25, -0.2) is 0 Å². The van der Waals surface area contributed by atoms with Gasteiger partial charge in [0, 0.05) is 11.6 Å². The van der Waals surface area contributed by atoms with Gasteiger partial charge in [0.05, 0.1) is 13.2 Å². The van der Waals surface area contributed by atoms with Crippen molar-refractivity contribution < 1.29 is 14.6 Å². The molecule has 98 valence electrons. The predicted octanol–water partition coefficient (Wildman–Crippen LogP) is 2.65. The van der Waals surface area contributed by atoms with Gasteiger partial charge in [0.1, 0.15) is 17.6 Å². The number of rotatable bonds is 7. The van der Waals surface area contributed by atoms with Crippen molar-refractivity contribution in [2.45, 2.75) is 39.4 Å². The van der Waals surface area contributed by atoms with Crippen molar-refractivity contribution in [2.24, 2.45) is 0 Å². The lowest BCUT2D eigenvalue weighted by molar-refractivity contribution is 0.230. The first kappa shape index (κ1) is 14.3. The highest BCUT2D eigenvalue weighted by molar-refractivity contribution is 5.40. The van der Waals surface area contributed by atoms with Crippen LogP contribution in [0.1, 0.15) is 32.3 Å². The van der Waals surface area contributed by atoms with Gasteiger partial charge in [0.15, 0.2) is 6.10 Å². The summed E-state index contributed by atoms with van der Waals surface area (Å²) in [5.74, 6) is 1.20. The number of ether oxygens (including phenoxy) is 2. The maximum Gasteiger partial charge on any atom is 0.184 e. The van der Waals surface area contributed by atoms with E-state index in [0.29, 0.717) is 30.1 Å². The first-order chi connectivity index (χ1) is 8.74. The van der Waals surface area contributed by atoms with E-state index in [9.17, 15) is 5.11 Å². The summed E-state index contributed by atoms with van der Waals surface area (Å²) in [5.41, 5.74) is 0.660. The van der Waals surface area contributed by atoms with Gasteiger partial charge >= 0.3 is 0 Å². The lowest BCUT2D eigenvalue weighted by atomic mass is 10.2. The second-order valence-electron chi connectivity index (χ2n) is 3.92. The van der Waals surface area contributed by atoms with Crippen LogP contribution in [-0.2, 0) is 6.61 Å². The quantitative estimate of drug-likeness (QED) is 0.807. The van der Waals surface area contributed by atoms with Gasteiger partial charge in [-0.15, -0.1) is 0 Å². The monoisotopic (exact) mass is 249 g/mol. The number of nitrogens with zero attached hydrogens (tertiary/aromatic N) is 1. The maximum absolute atomic E-state index is 9.24. The number of hydrogen-bond donors (Lipinski definition) is 1. The third-order valence-corrected chi connectivity index (χ3v) is 2.47. The smallest absolute Gasteiger partial charge is 0.184 e. The van der Waals surface area contributed by atoms with Crippen molar-refractivity contribution in [3.05, 3.63) is 23.8 Å². The van der Waals surface area contributed by atoms with E-state index in [-0.39, 0.29) is 6.61 Å². The molecular weight excluding hydrogens is 230 g/mol. The highest BCUT2D eigenvalue weighted by Gasteiger charge is 2.11. The third kappa shape index (κ3) is 3.94. The molecule has 0 radical (unpaired) electrons. The average molecular weight is 249 g/mol. The van der Waals surface area contributed by atoms with Gasteiger partial charge in [0.2, 0.25) is 0 Å². The fraction of sp³-hybridized carbons (Fsp3) is 0.500. The normalized spacial score (nSPS) is 11.7. The van der Waals surface area contributed by atoms with E-state index in [0.717, 1.165) is 6.42 Å². The molecule has 0 heterocycles. The molecule has 1 rings (SSSR count). The van der Waals surface area contributed by atoms with Crippen LogP contribution < -0.4 is 9.47 Å². The Morgan fingerprint density at radius 2 is 2.17 bits per heavy atom. The minimum atomic E-state index is -0.503. The summed E-state index contributed by atoms with van der Waals surface area (Å²) in [7, 11) is 0. The summed E-state index contributed by atoms with van der Waals surface area (Å²) in [6, 6.07) is 7.34. The van der Waals surface area contributed by atoms with Crippen molar-refractivity contribution in [3.8, 4) is 17.6 Å². The van der Waals surface area contributed by atoms with E-state index in [4.69, 9.17) is 14.7 Å². The molecule has 4 nitrogen and oxygen atoms in total. The molecule has 0 aliphatic carbocycles. The van der Waals surface area contributed by atoms with Crippen LogP contribution in [-0.4, -0.2) is 17.8 Å². The summed E-state index contributed by atoms with van der Waals surface area (Å²) in [4.78, 5) is 0. The van der Waals surface area contributed by atoms with Crippen LogP contribution >= 0.6 is 0 Å². The second-order valence-corrected chi connectivity index (χ2v) is 3.92. The zero-order chi connectivity index (χ0) is 13.4. The van der Waals surface area contributed by atoms with Crippen LogP contribution in [0.2, 0.25) is 0 Å². The summed E-state index contributed by atoms with van der Waals surface area (Å²) < 4.78 is 11.1. The Bertz CT molecular complexity index is 412. The topological polar surface area (TPSA) is 62.5 Å². The molecule has 0 spiro atoms. The maximum atomic E-state index is 9.24. The van der Waals surface area contributed by atoms with Crippen LogP contribution in [0.15, 0.2) is 18.2 Å². The average Bonchev–Trinajstić information content (AvgIpc) is 2.42. The Morgan fingerprint density at radius 3 is 2.72 bits per heavy atom. The Balaban J connectivity index is 2.88. The molecule has 0 saturated heterocycles. The molecule has 0 aliphatic rings. The fourth-order valence-corrected chi connectivity index (χ4v) is 1.44. The lowest BCUT2D eigenvalue weighted by Gasteiger charge is -2.15. The van der Waals surface area contributed by atoms with Crippen molar-refractivity contribution >= 4 is 0 Å². The minimum Gasteiger partial charge on any atom is -0.493 e. The molecule has 1 unspecified atom stereocenters.